The van der Waals surface area contributed by atoms with Gasteiger partial charge in [0.1, 0.15) is 0 Å². The van der Waals surface area contributed by atoms with Gasteiger partial charge in [-0.1, -0.05) is 18.2 Å². The van der Waals surface area contributed by atoms with Crippen molar-refractivity contribution >= 4 is 15.9 Å². The lowest BCUT2D eigenvalue weighted by Crippen LogP contribution is -2.41. The number of carbonyl (C=O) groups is 1. The van der Waals surface area contributed by atoms with Gasteiger partial charge >= 0.3 is 0 Å². The number of hydrogen-bond donors (Lipinski definition) is 3. The van der Waals surface area contributed by atoms with Crippen LogP contribution in [0.5, 0.6) is 0 Å². The van der Waals surface area contributed by atoms with Crippen molar-refractivity contribution in [2.75, 3.05) is 13.1 Å². The van der Waals surface area contributed by atoms with Crippen LogP contribution in [0, 0.1) is 5.92 Å². The average Bonchev–Trinajstić information content (AvgIpc) is 2.96. The number of nitrogens with one attached hydrogen (secondary N) is 3. The first-order chi connectivity index (χ1) is 10.7. The van der Waals surface area contributed by atoms with Crippen LogP contribution in [0.4, 0.5) is 0 Å². The molecule has 1 aliphatic heterocycles. The van der Waals surface area contributed by atoms with E-state index in [0.29, 0.717) is 12.1 Å². The van der Waals surface area contributed by atoms with Crippen LogP contribution >= 0.6 is 0 Å². The highest BCUT2D eigenvalue weighted by molar-refractivity contribution is 7.89. The Morgan fingerprint density at radius 2 is 2.00 bits per heavy atom. The van der Waals surface area contributed by atoms with Gasteiger partial charge in [-0.05, 0) is 45.4 Å². The minimum absolute atomic E-state index is 0.0357. The molecule has 0 saturated carbocycles. The van der Waals surface area contributed by atoms with Crippen molar-refractivity contribution in [1.82, 2.24) is 15.4 Å². The van der Waals surface area contributed by atoms with E-state index in [1.54, 1.807) is 45.0 Å². The fourth-order valence-corrected chi connectivity index (χ4v) is 4.23. The first kappa shape index (κ1) is 17.9. The normalized spacial score (nSPS) is 18.8. The van der Waals surface area contributed by atoms with E-state index in [1.165, 1.54) is 0 Å². The molecule has 0 radical (unpaired) electrons. The molecule has 1 aromatic rings. The van der Waals surface area contributed by atoms with Gasteiger partial charge < -0.3 is 10.6 Å². The van der Waals surface area contributed by atoms with Gasteiger partial charge in [0.2, 0.25) is 15.9 Å². The third-order valence-electron chi connectivity index (χ3n) is 3.59. The second kappa shape index (κ2) is 6.98. The predicted octanol–water partition coefficient (Wildman–Crippen LogP) is 0.989. The van der Waals surface area contributed by atoms with E-state index in [-0.39, 0.29) is 23.3 Å². The maximum Gasteiger partial charge on any atom is 0.241 e. The van der Waals surface area contributed by atoms with Crippen molar-refractivity contribution < 1.29 is 13.2 Å². The van der Waals surface area contributed by atoms with Crippen molar-refractivity contribution in [3.05, 3.63) is 29.8 Å². The summed E-state index contributed by atoms with van der Waals surface area (Å²) < 4.78 is 27.7. The highest BCUT2D eigenvalue weighted by Gasteiger charge is 2.25. The van der Waals surface area contributed by atoms with Crippen LogP contribution in [0.3, 0.4) is 0 Å². The van der Waals surface area contributed by atoms with Gasteiger partial charge in [-0.3, -0.25) is 4.79 Å². The second-order valence-electron chi connectivity index (χ2n) is 6.87. The third kappa shape index (κ3) is 5.02. The summed E-state index contributed by atoms with van der Waals surface area (Å²) in [7, 11) is -3.63. The lowest BCUT2D eigenvalue weighted by Gasteiger charge is -2.21. The first-order valence-electron chi connectivity index (χ1n) is 7.79. The Labute approximate surface area is 138 Å². The molecule has 23 heavy (non-hydrogen) atoms. The van der Waals surface area contributed by atoms with Crippen molar-refractivity contribution in [3.8, 4) is 0 Å². The molecule has 1 aromatic carbocycles. The molecule has 1 atom stereocenters. The molecule has 2 rings (SSSR count). The Bertz CT molecular complexity index is 659. The summed E-state index contributed by atoms with van der Waals surface area (Å²) in [5, 5.41) is 5.99. The zero-order chi connectivity index (χ0) is 17.1. The summed E-state index contributed by atoms with van der Waals surface area (Å²) in [6.45, 7) is 7.11. The van der Waals surface area contributed by atoms with Gasteiger partial charge in [0, 0.05) is 18.6 Å². The molecule has 0 aliphatic carbocycles. The molecule has 128 valence electrons. The monoisotopic (exact) mass is 339 g/mol. The van der Waals surface area contributed by atoms with Gasteiger partial charge in [0.25, 0.3) is 0 Å². The maximum atomic E-state index is 12.5. The number of hydrogen-bond acceptors (Lipinski definition) is 4. The summed E-state index contributed by atoms with van der Waals surface area (Å²) in [5.74, 6) is -0.0718. The molecule has 3 N–H and O–H groups in total. The van der Waals surface area contributed by atoms with E-state index in [2.05, 4.69) is 15.4 Å². The molecule has 1 heterocycles. The topological polar surface area (TPSA) is 87.3 Å². The van der Waals surface area contributed by atoms with Crippen molar-refractivity contribution in [2.45, 2.75) is 44.2 Å². The summed E-state index contributed by atoms with van der Waals surface area (Å²) in [6.07, 6.45) is 0.817. The third-order valence-corrected chi connectivity index (χ3v) is 5.45. The minimum Gasteiger partial charge on any atom is -0.352 e. The minimum atomic E-state index is -3.63. The fourth-order valence-electron chi connectivity index (χ4n) is 2.58. The van der Waals surface area contributed by atoms with Crippen LogP contribution in [-0.2, 0) is 21.4 Å². The van der Waals surface area contributed by atoms with Crippen LogP contribution in [-0.4, -0.2) is 33.0 Å². The van der Waals surface area contributed by atoms with Gasteiger partial charge in [-0.25, -0.2) is 13.1 Å². The molecule has 1 fully saturated rings. The lowest BCUT2D eigenvalue weighted by molar-refractivity contribution is -0.124. The van der Waals surface area contributed by atoms with E-state index in [0.717, 1.165) is 13.0 Å². The van der Waals surface area contributed by atoms with Gasteiger partial charge in [-0.15, -0.1) is 0 Å². The summed E-state index contributed by atoms with van der Waals surface area (Å²) in [6, 6.07) is 6.75. The Morgan fingerprint density at radius 3 is 2.61 bits per heavy atom. The quantitative estimate of drug-likeness (QED) is 0.746. The van der Waals surface area contributed by atoms with Crippen LogP contribution in [0.15, 0.2) is 29.2 Å². The first-order valence-corrected chi connectivity index (χ1v) is 9.28. The molecule has 1 unspecified atom stereocenters. The van der Waals surface area contributed by atoms with Crippen molar-refractivity contribution in [1.29, 1.82) is 0 Å². The summed E-state index contributed by atoms with van der Waals surface area (Å²) in [4.78, 5) is 12.3. The number of carbonyl (C=O) groups excluding carboxylic acids is 1. The zero-order valence-electron chi connectivity index (χ0n) is 13.8. The number of sulfonamides is 1. The molecule has 7 heteroatoms. The summed E-state index contributed by atoms with van der Waals surface area (Å²) >= 11 is 0. The lowest BCUT2D eigenvalue weighted by atomic mass is 10.1. The molecular formula is C16H25N3O3S. The molecule has 0 bridgehead atoms. The van der Waals surface area contributed by atoms with Crippen LogP contribution in [0.25, 0.3) is 0 Å². The second-order valence-corrected chi connectivity index (χ2v) is 8.52. The Kier molecular flexibility index (Phi) is 5.44. The zero-order valence-corrected chi connectivity index (χ0v) is 14.7. The molecule has 1 aliphatic rings. The van der Waals surface area contributed by atoms with E-state index < -0.39 is 15.6 Å². The molecule has 1 saturated heterocycles. The van der Waals surface area contributed by atoms with Crippen LogP contribution in [0.2, 0.25) is 0 Å². The predicted molar refractivity (Wildman–Crippen MR) is 89.3 cm³/mol. The average molecular weight is 339 g/mol. The Morgan fingerprint density at radius 1 is 1.30 bits per heavy atom. The SMILES string of the molecule is CC(C)(C)NS(=O)(=O)c1ccccc1CNC(=O)C1CCNC1. The van der Waals surface area contributed by atoms with E-state index in [1.807, 2.05) is 0 Å². The molecule has 6 nitrogen and oxygen atoms in total. The van der Waals surface area contributed by atoms with Gasteiger partial charge in [-0.2, -0.15) is 0 Å². The number of rotatable bonds is 5. The fraction of sp³-hybridized carbons (Fsp3) is 0.562. The number of benzene rings is 1. The van der Waals surface area contributed by atoms with Gasteiger partial charge in [0.05, 0.1) is 10.8 Å². The van der Waals surface area contributed by atoms with Crippen LogP contribution in [0.1, 0.15) is 32.8 Å². The van der Waals surface area contributed by atoms with Crippen LogP contribution < -0.4 is 15.4 Å². The summed E-state index contributed by atoms with van der Waals surface area (Å²) in [5.41, 5.74) is 0.0219. The molecule has 0 aromatic heterocycles. The van der Waals surface area contributed by atoms with Gasteiger partial charge in [0.15, 0.2) is 0 Å². The molecule has 1 amide bonds. The standard InChI is InChI=1S/C16H25N3O3S/c1-16(2,3)19-23(21,22)14-7-5-4-6-12(14)11-18-15(20)13-8-9-17-10-13/h4-7,13,17,19H,8-11H2,1-3H3,(H,18,20). The van der Waals surface area contributed by atoms with E-state index in [9.17, 15) is 13.2 Å². The van der Waals surface area contributed by atoms with Crippen molar-refractivity contribution in [3.63, 3.8) is 0 Å². The number of amides is 1. The van der Waals surface area contributed by atoms with E-state index in [4.69, 9.17) is 0 Å². The van der Waals surface area contributed by atoms with Crippen molar-refractivity contribution in [2.24, 2.45) is 5.92 Å². The molecular weight excluding hydrogens is 314 g/mol. The molecule has 0 spiro atoms. The highest BCUT2D eigenvalue weighted by Crippen LogP contribution is 2.18. The smallest absolute Gasteiger partial charge is 0.241 e. The highest BCUT2D eigenvalue weighted by atomic mass is 32.2. The largest absolute Gasteiger partial charge is 0.352 e. The maximum absolute atomic E-state index is 12.5. The Balaban J connectivity index is 2.12. The van der Waals surface area contributed by atoms with E-state index >= 15 is 0 Å². The Hall–Kier alpha value is -1.44.